The number of benzene rings is 1. The molecule has 2 N–H and O–H groups in total. The van der Waals surface area contributed by atoms with Gasteiger partial charge in [0.25, 0.3) is 11.6 Å². The second kappa shape index (κ2) is 3.28. The van der Waals surface area contributed by atoms with E-state index in [9.17, 15) is 19.7 Å². The van der Waals surface area contributed by atoms with Gasteiger partial charge in [0, 0.05) is 25.0 Å². The van der Waals surface area contributed by atoms with Gasteiger partial charge in [0.15, 0.2) is 0 Å². The van der Waals surface area contributed by atoms with Crippen LogP contribution in [0.1, 0.15) is 11.1 Å². The van der Waals surface area contributed by atoms with E-state index < -0.39 is 16.5 Å². The van der Waals surface area contributed by atoms with Crippen LogP contribution < -0.4 is 10.6 Å². The van der Waals surface area contributed by atoms with Crippen molar-refractivity contribution in [2.45, 2.75) is 18.4 Å². The van der Waals surface area contributed by atoms with E-state index in [4.69, 9.17) is 0 Å². The zero-order chi connectivity index (χ0) is 12.9. The lowest BCUT2D eigenvalue weighted by Gasteiger charge is -2.18. The summed E-state index contributed by atoms with van der Waals surface area (Å²) in [6.45, 7) is 0. The van der Waals surface area contributed by atoms with E-state index in [2.05, 4.69) is 10.6 Å². The van der Waals surface area contributed by atoms with E-state index in [1.54, 1.807) is 6.07 Å². The molecule has 2 aliphatic rings. The lowest BCUT2D eigenvalue weighted by atomic mass is 9.96. The van der Waals surface area contributed by atoms with Crippen LogP contribution in [0.25, 0.3) is 0 Å². The number of nitrogens with one attached hydrogen (secondary N) is 2. The van der Waals surface area contributed by atoms with Gasteiger partial charge in [-0.05, 0) is 11.1 Å². The van der Waals surface area contributed by atoms with E-state index in [1.165, 1.54) is 12.1 Å². The third kappa shape index (κ3) is 1.37. The molecule has 7 nitrogen and oxygen atoms in total. The zero-order valence-corrected chi connectivity index (χ0v) is 9.23. The molecule has 18 heavy (non-hydrogen) atoms. The Morgan fingerprint density at radius 2 is 1.94 bits per heavy atom. The number of carbonyl (C=O) groups excluding carboxylic acids is 2. The monoisotopic (exact) mass is 247 g/mol. The Kier molecular flexibility index (Phi) is 1.95. The molecule has 1 aliphatic carbocycles. The van der Waals surface area contributed by atoms with Crippen LogP contribution in [0, 0.1) is 10.1 Å². The Morgan fingerprint density at radius 3 is 2.56 bits per heavy atom. The first-order valence-electron chi connectivity index (χ1n) is 5.40. The van der Waals surface area contributed by atoms with Crippen LogP contribution in [0.15, 0.2) is 18.2 Å². The number of nitro benzene ring substituents is 1. The van der Waals surface area contributed by atoms with Crippen LogP contribution in [0.5, 0.6) is 0 Å². The van der Waals surface area contributed by atoms with Crippen molar-refractivity contribution in [2.75, 3.05) is 0 Å². The van der Waals surface area contributed by atoms with Crippen LogP contribution in [-0.2, 0) is 17.6 Å². The third-order valence-corrected chi connectivity index (χ3v) is 3.40. The highest BCUT2D eigenvalue weighted by Crippen LogP contribution is 2.34. The van der Waals surface area contributed by atoms with Crippen LogP contribution in [0.4, 0.5) is 10.5 Å². The molecule has 0 aromatic heterocycles. The number of hydrogen-bond acceptors (Lipinski definition) is 4. The molecule has 7 heteroatoms. The lowest BCUT2D eigenvalue weighted by Crippen LogP contribution is -2.47. The first-order chi connectivity index (χ1) is 8.50. The van der Waals surface area contributed by atoms with Gasteiger partial charge < -0.3 is 5.32 Å². The predicted molar refractivity (Wildman–Crippen MR) is 59.9 cm³/mol. The van der Waals surface area contributed by atoms with Crippen LogP contribution in [0.2, 0.25) is 0 Å². The topological polar surface area (TPSA) is 101 Å². The minimum Gasteiger partial charge on any atom is -0.323 e. The van der Waals surface area contributed by atoms with Crippen LogP contribution >= 0.6 is 0 Å². The molecule has 1 fully saturated rings. The maximum Gasteiger partial charge on any atom is 0.322 e. The molecule has 1 spiro atoms. The highest BCUT2D eigenvalue weighted by molar-refractivity contribution is 6.07. The SMILES string of the molecule is O=C1NC(=O)[C@]2(Cc3ccc([N+](=O)[O-])cc3C2)N1. The van der Waals surface area contributed by atoms with Gasteiger partial charge in [-0.1, -0.05) is 6.07 Å². The Hall–Kier alpha value is -2.44. The number of imide groups is 1. The molecular weight excluding hydrogens is 238 g/mol. The Bertz CT molecular complexity index is 598. The number of fused-ring (bicyclic) bond motifs is 1. The summed E-state index contributed by atoms with van der Waals surface area (Å²) < 4.78 is 0. The first kappa shape index (κ1) is 10.7. The molecule has 1 aromatic rings. The minimum atomic E-state index is -0.964. The maximum atomic E-state index is 11.8. The molecular formula is C11H9N3O4. The standard InChI is InChI=1S/C11H9N3O4/c15-9-11(13-10(16)12-9)4-6-1-2-8(14(17)18)3-7(6)5-11/h1-3H,4-5H2,(H2,12,13,15,16)/t11-/m1/s1. The fourth-order valence-corrected chi connectivity index (χ4v) is 2.55. The summed E-state index contributed by atoms with van der Waals surface area (Å²) in [7, 11) is 0. The lowest BCUT2D eigenvalue weighted by molar-refractivity contribution is -0.384. The molecule has 0 bridgehead atoms. The average Bonchev–Trinajstić information content (AvgIpc) is 2.78. The largest absolute Gasteiger partial charge is 0.323 e. The molecule has 0 saturated carbocycles. The smallest absolute Gasteiger partial charge is 0.322 e. The van der Waals surface area contributed by atoms with Gasteiger partial charge in [0.05, 0.1) is 4.92 Å². The Morgan fingerprint density at radius 1 is 1.22 bits per heavy atom. The van der Waals surface area contributed by atoms with Gasteiger partial charge in [-0.15, -0.1) is 0 Å². The predicted octanol–water partition coefficient (Wildman–Crippen LogP) is 0.272. The van der Waals surface area contributed by atoms with Crippen molar-refractivity contribution in [1.29, 1.82) is 0 Å². The summed E-state index contributed by atoms with van der Waals surface area (Å²) in [5.74, 6) is -0.369. The molecule has 3 amide bonds. The molecule has 92 valence electrons. The highest BCUT2D eigenvalue weighted by atomic mass is 16.6. The van der Waals surface area contributed by atoms with E-state index in [0.717, 1.165) is 11.1 Å². The third-order valence-electron chi connectivity index (χ3n) is 3.40. The zero-order valence-electron chi connectivity index (χ0n) is 9.23. The molecule has 3 rings (SSSR count). The van der Waals surface area contributed by atoms with Crippen LogP contribution in [0.3, 0.4) is 0 Å². The number of urea groups is 1. The van der Waals surface area contributed by atoms with E-state index in [-0.39, 0.29) is 11.6 Å². The number of nitrogens with zero attached hydrogens (tertiary/aromatic N) is 1. The van der Waals surface area contributed by atoms with Crippen molar-refractivity contribution in [2.24, 2.45) is 0 Å². The number of carbonyl (C=O) groups is 2. The van der Waals surface area contributed by atoms with Crippen LogP contribution in [-0.4, -0.2) is 22.4 Å². The van der Waals surface area contributed by atoms with E-state index in [1.807, 2.05) is 0 Å². The minimum absolute atomic E-state index is 0.00414. The summed E-state index contributed by atoms with van der Waals surface area (Å²) in [5, 5.41) is 15.5. The van der Waals surface area contributed by atoms with Gasteiger partial charge in [-0.25, -0.2) is 4.79 Å². The van der Waals surface area contributed by atoms with E-state index >= 15 is 0 Å². The normalized spacial score (nSPS) is 24.9. The van der Waals surface area contributed by atoms with Crippen molar-refractivity contribution in [3.05, 3.63) is 39.4 Å². The summed E-state index contributed by atoms with van der Waals surface area (Å²) in [4.78, 5) is 33.2. The van der Waals surface area contributed by atoms with Crippen molar-refractivity contribution < 1.29 is 14.5 Å². The number of rotatable bonds is 1. The number of hydrogen-bond donors (Lipinski definition) is 2. The highest BCUT2D eigenvalue weighted by Gasteiger charge is 2.50. The Balaban J connectivity index is 1.98. The average molecular weight is 247 g/mol. The molecule has 0 radical (unpaired) electrons. The van der Waals surface area contributed by atoms with Gasteiger partial charge in [0.2, 0.25) is 0 Å². The quantitative estimate of drug-likeness (QED) is 0.422. The van der Waals surface area contributed by atoms with Gasteiger partial charge in [-0.2, -0.15) is 0 Å². The summed E-state index contributed by atoms with van der Waals surface area (Å²) in [6, 6.07) is 4.00. The second-order valence-electron chi connectivity index (χ2n) is 4.55. The molecule has 1 atom stereocenters. The van der Waals surface area contributed by atoms with Gasteiger partial charge in [0.1, 0.15) is 5.54 Å². The van der Waals surface area contributed by atoms with Gasteiger partial charge >= 0.3 is 6.03 Å². The Labute approximate surface area is 101 Å². The molecule has 1 aromatic carbocycles. The summed E-state index contributed by atoms with van der Waals surface area (Å²) in [5.41, 5.74) is 0.629. The summed E-state index contributed by atoms with van der Waals surface area (Å²) in [6.07, 6.45) is 0.666. The number of nitro groups is 1. The second-order valence-corrected chi connectivity index (χ2v) is 4.55. The number of amides is 3. The maximum absolute atomic E-state index is 11.8. The molecule has 1 saturated heterocycles. The fourth-order valence-electron chi connectivity index (χ4n) is 2.55. The molecule has 1 aliphatic heterocycles. The number of non-ortho nitro benzene ring substituents is 1. The van der Waals surface area contributed by atoms with Gasteiger partial charge in [-0.3, -0.25) is 20.2 Å². The first-order valence-corrected chi connectivity index (χ1v) is 5.40. The van der Waals surface area contributed by atoms with E-state index in [0.29, 0.717) is 12.8 Å². The van der Waals surface area contributed by atoms with Crippen molar-refractivity contribution in [3.63, 3.8) is 0 Å². The summed E-state index contributed by atoms with van der Waals surface area (Å²) >= 11 is 0. The van der Waals surface area contributed by atoms with Crippen molar-refractivity contribution >= 4 is 17.6 Å². The fraction of sp³-hybridized carbons (Fsp3) is 0.273. The molecule has 0 unspecified atom stereocenters. The molecule has 1 heterocycles. The van der Waals surface area contributed by atoms with Crippen molar-refractivity contribution in [1.82, 2.24) is 10.6 Å². The van der Waals surface area contributed by atoms with Crippen molar-refractivity contribution in [3.8, 4) is 0 Å².